The lowest BCUT2D eigenvalue weighted by Gasteiger charge is -2.57. The van der Waals surface area contributed by atoms with Crippen molar-refractivity contribution in [1.82, 2.24) is 0 Å². The number of Topliss-reactive ketones (excluding diaryl/α,β-unsaturated/α-hetero) is 1. The summed E-state index contributed by atoms with van der Waals surface area (Å²) >= 11 is 0. The van der Waals surface area contributed by atoms with Gasteiger partial charge in [-0.05, 0) is 105 Å². The molecule has 2 heteroatoms. The molecule has 0 heterocycles. The molecule has 0 aromatic heterocycles. The lowest BCUT2D eigenvalue weighted by Crippen LogP contribution is -2.51. The minimum Gasteiger partial charge on any atom is -0.504 e. The average Bonchev–Trinajstić information content (AvgIpc) is 3.08. The van der Waals surface area contributed by atoms with Gasteiger partial charge in [-0.3, -0.25) is 4.79 Å². The standard InChI is InChI=1S/C29H44O2/c1-7-20(18(2)3)9-8-19(4)22-12-13-23-21-10-11-25-27(31)26(30)15-17-29(25,6)24(21)14-16-28(22,23)5/h7,11,15,18-19,21-24,30H,8-10,12-14,16-17H2,1-6H3/b20-7+/t19-,21+,22-,23+,24+,28-,29-/m1/s1. The van der Waals surface area contributed by atoms with Crippen molar-refractivity contribution in [3.05, 3.63) is 35.1 Å². The van der Waals surface area contributed by atoms with Gasteiger partial charge in [-0.15, -0.1) is 0 Å². The Bertz CT molecular complexity index is 815. The summed E-state index contributed by atoms with van der Waals surface area (Å²) in [5.41, 5.74) is 2.90. The van der Waals surface area contributed by atoms with Crippen molar-refractivity contribution in [3.63, 3.8) is 0 Å². The molecule has 4 aliphatic rings. The van der Waals surface area contributed by atoms with Gasteiger partial charge in [-0.1, -0.05) is 52.3 Å². The van der Waals surface area contributed by atoms with Gasteiger partial charge in [0, 0.05) is 11.0 Å². The summed E-state index contributed by atoms with van der Waals surface area (Å²) in [6.07, 6.45) is 16.1. The Morgan fingerprint density at radius 3 is 2.58 bits per heavy atom. The fraction of sp³-hybridized carbons (Fsp3) is 0.759. The third-order valence-electron chi connectivity index (χ3n) is 10.4. The Kier molecular flexibility index (Phi) is 6.07. The van der Waals surface area contributed by atoms with Crippen molar-refractivity contribution in [2.45, 2.75) is 92.9 Å². The largest absolute Gasteiger partial charge is 0.504 e. The van der Waals surface area contributed by atoms with Crippen molar-refractivity contribution in [2.24, 2.45) is 46.3 Å². The van der Waals surface area contributed by atoms with E-state index < -0.39 is 0 Å². The minimum absolute atomic E-state index is 0.0283. The fourth-order valence-electron chi connectivity index (χ4n) is 8.58. The number of fused-ring (bicyclic) bond motifs is 5. The Morgan fingerprint density at radius 1 is 1.16 bits per heavy atom. The molecule has 0 aromatic rings. The smallest absolute Gasteiger partial charge is 0.223 e. The van der Waals surface area contributed by atoms with Crippen LogP contribution >= 0.6 is 0 Å². The van der Waals surface area contributed by atoms with Crippen LogP contribution in [0.1, 0.15) is 92.9 Å². The number of hydrogen-bond donors (Lipinski definition) is 1. The zero-order valence-corrected chi connectivity index (χ0v) is 20.7. The van der Waals surface area contributed by atoms with Gasteiger partial charge in [0.25, 0.3) is 0 Å². The lowest BCUT2D eigenvalue weighted by atomic mass is 9.47. The van der Waals surface area contributed by atoms with Crippen molar-refractivity contribution < 1.29 is 9.90 Å². The van der Waals surface area contributed by atoms with Gasteiger partial charge in [0.1, 0.15) is 0 Å². The summed E-state index contributed by atoms with van der Waals surface area (Å²) in [4.78, 5) is 12.7. The van der Waals surface area contributed by atoms with Crippen LogP contribution in [-0.2, 0) is 4.79 Å². The molecule has 1 N–H and O–H groups in total. The van der Waals surface area contributed by atoms with Gasteiger partial charge >= 0.3 is 0 Å². The maximum atomic E-state index is 12.7. The SMILES string of the molecule is C/C=C(\CC[C@@H](C)[C@H]1CC[C@H]2[C@@H]3CC=C4C(=O)C(O)=CC[C@]4(C)[C@H]3CC[C@]12C)C(C)C. The number of hydrogen-bond acceptors (Lipinski definition) is 2. The summed E-state index contributed by atoms with van der Waals surface area (Å²) in [7, 11) is 0. The van der Waals surface area contributed by atoms with E-state index in [2.05, 4.69) is 53.7 Å². The molecule has 2 nitrogen and oxygen atoms in total. The first-order valence-electron chi connectivity index (χ1n) is 12.9. The molecule has 31 heavy (non-hydrogen) atoms. The number of carbonyl (C=O) groups excluding carboxylic acids is 1. The molecule has 4 rings (SSSR count). The van der Waals surface area contributed by atoms with Crippen molar-refractivity contribution >= 4 is 5.78 Å². The highest BCUT2D eigenvalue weighted by atomic mass is 16.3. The van der Waals surface area contributed by atoms with Crippen LogP contribution in [0.3, 0.4) is 0 Å². The Hall–Kier alpha value is -1.31. The summed E-state index contributed by atoms with van der Waals surface area (Å²) in [6, 6.07) is 0. The number of aliphatic hydroxyl groups is 1. The molecule has 0 bridgehead atoms. The fourth-order valence-corrected chi connectivity index (χ4v) is 8.58. The molecule has 0 radical (unpaired) electrons. The maximum absolute atomic E-state index is 12.7. The highest BCUT2D eigenvalue weighted by Crippen LogP contribution is 2.66. The summed E-state index contributed by atoms with van der Waals surface area (Å²) in [6.45, 7) is 14.3. The molecule has 0 saturated heterocycles. The monoisotopic (exact) mass is 424 g/mol. The highest BCUT2D eigenvalue weighted by molar-refractivity contribution is 6.08. The molecule has 0 aromatic carbocycles. The van der Waals surface area contributed by atoms with Gasteiger partial charge in [0.2, 0.25) is 5.78 Å². The van der Waals surface area contributed by atoms with Crippen LogP contribution in [0.15, 0.2) is 35.1 Å². The van der Waals surface area contributed by atoms with Crippen LogP contribution in [0.5, 0.6) is 0 Å². The van der Waals surface area contributed by atoms with Crippen molar-refractivity contribution in [2.75, 3.05) is 0 Å². The summed E-state index contributed by atoms with van der Waals surface area (Å²) < 4.78 is 0. The van der Waals surface area contributed by atoms with E-state index in [9.17, 15) is 9.90 Å². The van der Waals surface area contributed by atoms with Crippen LogP contribution < -0.4 is 0 Å². The van der Waals surface area contributed by atoms with Crippen LogP contribution in [0.4, 0.5) is 0 Å². The van der Waals surface area contributed by atoms with E-state index >= 15 is 0 Å². The third-order valence-corrected chi connectivity index (χ3v) is 10.4. The van der Waals surface area contributed by atoms with E-state index in [0.717, 1.165) is 36.2 Å². The maximum Gasteiger partial charge on any atom is 0.223 e. The second-order valence-corrected chi connectivity index (χ2v) is 12.0. The number of rotatable bonds is 5. The van der Waals surface area contributed by atoms with E-state index in [1.807, 2.05) is 0 Å². The normalized spacial score (nSPS) is 41.3. The van der Waals surface area contributed by atoms with E-state index in [0.29, 0.717) is 23.2 Å². The topological polar surface area (TPSA) is 37.3 Å². The molecule has 0 aliphatic heterocycles. The number of aliphatic hydroxyl groups excluding tert-OH is 1. The first kappa shape index (κ1) is 22.9. The lowest BCUT2D eigenvalue weighted by molar-refractivity contribution is -0.118. The predicted octanol–water partition coefficient (Wildman–Crippen LogP) is 7.81. The van der Waals surface area contributed by atoms with Crippen LogP contribution in [0.2, 0.25) is 0 Å². The van der Waals surface area contributed by atoms with E-state index in [1.54, 1.807) is 11.6 Å². The Morgan fingerprint density at radius 2 is 1.90 bits per heavy atom. The second kappa shape index (κ2) is 8.23. The van der Waals surface area contributed by atoms with Gasteiger partial charge in [0.05, 0.1) is 0 Å². The molecule has 0 unspecified atom stereocenters. The zero-order valence-electron chi connectivity index (χ0n) is 20.7. The molecular formula is C29H44O2. The summed E-state index contributed by atoms with van der Waals surface area (Å²) in [5, 5.41) is 10.0. The molecule has 0 amide bonds. The highest BCUT2D eigenvalue weighted by Gasteiger charge is 2.59. The van der Waals surface area contributed by atoms with Gasteiger partial charge < -0.3 is 5.11 Å². The van der Waals surface area contributed by atoms with E-state index in [1.165, 1.54) is 38.5 Å². The van der Waals surface area contributed by atoms with Gasteiger partial charge in [0.15, 0.2) is 5.76 Å². The van der Waals surface area contributed by atoms with Crippen molar-refractivity contribution in [1.29, 1.82) is 0 Å². The first-order valence-corrected chi connectivity index (χ1v) is 12.9. The molecule has 4 aliphatic carbocycles. The summed E-state index contributed by atoms with van der Waals surface area (Å²) in [5.74, 6) is 4.21. The predicted molar refractivity (Wildman–Crippen MR) is 129 cm³/mol. The third kappa shape index (κ3) is 3.57. The Labute approximate surface area is 190 Å². The van der Waals surface area contributed by atoms with Crippen LogP contribution in [0.25, 0.3) is 0 Å². The molecular weight excluding hydrogens is 380 g/mol. The molecule has 2 saturated carbocycles. The Balaban J connectivity index is 1.52. The van der Waals surface area contributed by atoms with Gasteiger partial charge in [-0.2, -0.15) is 0 Å². The van der Waals surface area contributed by atoms with Crippen molar-refractivity contribution in [3.8, 4) is 0 Å². The quantitative estimate of drug-likeness (QED) is 0.457. The second-order valence-electron chi connectivity index (χ2n) is 12.0. The number of carbonyl (C=O) groups is 1. The van der Waals surface area contributed by atoms with Gasteiger partial charge in [-0.25, -0.2) is 0 Å². The van der Waals surface area contributed by atoms with Crippen LogP contribution in [-0.4, -0.2) is 10.9 Å². The zero-order chi connectivity index (χ0) is 22.6. The molecule has 7 atom stereocenters. The number of ketones is 1. The number of allylic oxidation sites excluding steroid dienone is 5. The molecule has 0 spiro atoms. The average molecular weight is 425 g/mol. The molecule has 172 valence electrons. The minimum atomic E-state index is -0.108. The first-order chi connectivity index (χ1) is 14.6. The van der Waals surface area contributed by atoms with Crippen LogP contribution in [0, 0.1) is 46.3 Å². The van der Waals surface area contributed by atoms with E-state index in [-0.39, 0.29) is 17.0 Å². The molecule has 2 fully saturated rings. The van der Waals surface area contributed by atoms with E-state index in [4.69, 9.17) is 0 Å².